The monoisotopic (exact) mass is 434 g/mol. The van der Waals surface area contributed by atoms with Crippen molar-refractivity contribution in [3.63, 3.8) is 0 Å². The predicted octanol–water partition coefficient (Wildman–Crippen LogP) is 4.39. The number of benzene rings is 2. The maximum absolute atomic E-state index is 12.4. The Balaban J connectivity index is 1.65. The van der Waals surface area contributed by atoms with E-state index < -0.39 is 22.7 Å². The molecule has 1 unspecified atom stereocenters. The van der Waals surface area contributed by atoms with E-state index in [0.717, 1.165) is 0 Å². The summed E-state index contributed by atoms with van der Waals surface area (Å²) in [7, 11) is 0. The van der Waals surface area contributed by atoms with Crippen molar-refractivity contribution in [1.82, 2.24) is 4.98 Å². The highest BCUT2D eigenvalue weighted by molar-refractivity contribution is 6.46. The topological polar surface area (TPSA) is 98.1 Å². The zero-order chi connectivity index (χ0) is 21.8. The van der Waals surface area contributed by atoms with Crippen molar-refractivity contribution in [1.29, 1.82) is 0 Å². The lowest BCUT2D eigenvalue weighted by molar-refractivity contribution is -0.139. The SMILES string of the molecule is O=C1OC(C(Cl)(C(=O)O)c2ccccc2)=NC1=Cc1cccc(Oc2cccnc2)c1. The molecule has 0 amide bonds. The van der Waals surface area contributed by atoms with Crippen molar-refractivity contribution >= 4 is 35.5 Å². The molecule has 7 nitrogen and oxygen atoms in total. The van der Waals surface area contributed by atoms with Crippen LogP contribution in [-0.2, 0) is 19.2 Å². The van der Waals surface area contributed by atoms with Gasteiger partial charge in [-0.05, 0) is 41.5 Å². The van der Waals surface area contributed by atoms with Gasteiger partial charge in [-0.1, -0.05) is 54.1 Å². The van der Waals surface area contributed by atoms with Gasteiger partial charge in [-0.25, -0.2) is 14.6 Å². The number of cyclic esters (lactones) is 1. The summed E-state index contributed by atoms with van der Waals surface area (Å²) in [5.74, 6) is -1.52. The van der Waals surface area contributed by atoms with Crippen LogP contribution in [0.5, 0.6) is 11.5 Å². The fraction of sp³-hybridized carbons (Fsp3) is 0.0435. The van der Waals surface area contributed by atoms with E-state index in [2.05, 4.69) is 9.98 Å². The van der Waals surface area contributed by atoms with Crippen molar-refractivity contribution in [3.8, 4) is 11.5 Å². The Kier molecular flexibility index (Phi) is 5.51. The zero-order valence-electron chi connectivity index (χ0n) is 15.9. The molecule has 2 heterocycles. The number of pyridine rings is 1. The summed E-state index contributed by atoms with van der Waals surface area (Å²) in [5.41, 5.74) is 0.758. The van der Waals surface area contributed by atoms with Gasteiger partial charge in [0, 0.05) is 6.20 Å². The van der Waals surface area contributed by atoms with Crippen molar-refractivity contribution in [2.75, 3.05) is 0 Å². The number of esters is 1. The molecule has 0 bridgehead atoms. The third-order valence-corrected chi connectivity index (χ3v) is 4.95. The molecule has 1 aliphatic heterocycles. The molecule has 1 atom stereocenters. The van der Waals surface area contributed by atoms with Crippen LogP contribution in [0.15, 0.2) is 89.8 Å². The number of halogens is 1. The number of carboxylic acids is 1. The molecular formula is C23H15ClN2O5. The first-order chi connectivity index (χ1) is 15.0. The molecule has 0 fully saturated rings. The fourth-order valence-electron chi connectivity index (χ4n) is 2.93. The Labute approximate surface area is 182 Å². The lowest BCUT2D eigenvalue weighted by Crippen LogP contribution is -2.39. The lowest BCUT2D eigenvalue weighted by Gasteiger charge is -2.20. The summed E-state index contributed by atoms with van der Waals surface area (Å²) in [6.07, 6.45) is 4.68. The quantitative estimate of drug-likeness (QED) is 0.351. The molecule has 0 saturated carbocycles. The average molecular weight is 435 g/mol. The van der Waals surface area contributed by atoms with Crippen LogP contribution in [0.2, 0.25) is 0 Å². The molecule has 1 aromatic heterocycles. The minimum Gasteiger partial charge on any atom is -0.479 e. The van der Waals surface area contributed by atoms with Crippen molar-refractivity contribution in [3.05, 3.63) is 95.9 Å². The second-order valence-electron chi connectivity index (χ2n) is 6.53. The number of aliphatic imine (C=N–C) groups is 1. The smallest absolute Gasteiger partial charge is 0.363 e. The Bertz CT molecular complexity index is 1190. The number of nitrogens with zero attached hydrogens (tertiary/aromatic N) is 2. The van der Waals surface area contributed by atoms with Gasteiger partial charge in [-0.2, -0.15) is 0 Å². The first-order valence-corrected chi connectivity index (χ1v) is 9.53. The third-order valence-electron chi connectivity index (χ3n) is 4.41. The molecule has 0 spiro atoms. The molecule has 31 heavy (non-hydrogen) atoms. The average Bonchev–Trinajstić information content (AvgIpc) is 3.15. The maximum Gasteiger partial charge on any atom is 0.363 e. The van der Waals surface area contributed by atoms with Gasteiger partial charge in [0.1, 0.15) is 11.5 Å². The molecule has 2 aromatic carbocycles. The molecule has 1 N–H and O–H groups in total. The number of carboxylic acid groups (broad SMARTS) is 1. The summed E-state index contributed by atoms with van der Waals surface area (Å²) in [5, 5.41) is 9.74. The molecule has 4 rings (SSSR count). The molecule has 8 heteroatoms. The second-order valence-corrected chi connectivity index (χ2v) is 7.10. The van der Waals surface area contributed by atoms with Crippen LogP contribution < -0.4 is 4.74 Å². The largest absolute Gasteiger partial charge is 0.479 e. The molecule has 0 radical (unpaired) electrons. The normalized spacial score (nSPS) is 16.4. The van der Waals surface area contributed by atoms with E-state index in [4.69, 9.17) is 21.1 Å². The fourth-order valence-corrected chi connectivity index (χ4v) is 3.14. The molecule has 0 aliphatic carbocycles. The van der Waals surface area contributed by atoms with E-state index in [1.807, 2.05) is 0 Å². The van der Waals surface area contributed by atoms with Crippen LogP contribution in [0.25, 0.3) is 6.08 Å². The van der Waals surface area contributed by atoms with Crippen molar-refractivity contribution in [2.45, 2.75) is 4.87 Å². The molecule has 154 valence electrons. The second kappa shape index (κ2) is 8.41. The maximum atomic E-state index is 12.4. The summed E-state index contributed by atoms with van der Waals surface area (Å²) in [6, 6.07) is 18.5. The van der Waals surface area contributed by atoms with Gasteiger partial charge in [-0.15, -0.1) is 0 Å². The first kappa shape index (κ1) is 20.3. The number of rotatable bonds is 6. The number of carbonyl (C=O) groups excluding carboxylic acids is 1. The number of carbonyl (C=O) groups is 2. The van der Waals surface area contributed by atoms with Gasteiger partial charge < -0.3 is 14.6 Å². The van der Waals surface area contributed by atoms with Gasteiger partial charge in [0.05, 0.1) is 6.20 Å². The highest BCUT2D eigenvalue weighted by Crippen LogP contribution is 2.35. The van der Waals surface area contributed by atoms with Crippen LogP contribution in [0.4, 0.5) is 0 Å². The van der Waals surface area contributed by atoms with Crippen molar-refractivity contribution in [2.24, 2.45) is 4.99 Å². The van der Waals surface area contributed by atoms with Crippen LogP contribution in [0.1, 0.15) is 11.1 Å². The Hall–Kier alpha value is -3.97. The summed E-state index contributed by atoms with van der Waals surface area (Å²) >= 11 is 6.39. The minimum atomic E-state index is -2.13. The summed E-state index contributed by atoms with van der Waals surface area (Å²) in [6.45, 7) is 0. The molecule has 0 saturated heterocycles. The molecule has 1 aliphatic rings. The lowest BCUT2D eigenvalue weighted by atomic mass is 9.98. The number of aliphatic carboxylic acids is 1. The standard InChI is InChI=1S/C23H15ClN2O5/c24-23(22(28)29,16-7-2-1-3-8-16)21-26-19(20(27)31-21)13-15-6-4-9-17(12-15)30-18-10-5-11-25-14-18/h1-14H,(H,28,29). The number of aromatic nitrogens is 1. The number of hydrogen-bond acceptors (Lipinski definition) is 6. The van der Waals surface area contributed by atoms with E-state index in [9.17, 15) is 14.7 Å². The van der Waals surface area contributed by atoms with Gasteiger partial charge in [0.2, 0.25) is 10.8 Å². The van der Waals surface area contributed by atoms with Crippen molar-refractivity contribution < 1.29 is 24.2 Å². The van der Waals surface area contributed by atoms with E-state index >= 15 is 0 Å². The van der Waals surface area contributed by atoms with E-state index in [-0.39, 0.29) is 11.3 Å². The van der Waals surface area contributed by atoms with Crippen LogP contribution in [-0.4, -0.2) is 27.9 Å². The molecular weight excluding hydrogens is 420 g/mol. The van der Waals surface area contributed by atoms with Gasteiger partial charge >= 0.3 is 11.9 Å². The first-order valence-electron chi connectivity index (χ1n) is 9.15. The summed E-state index contributed by atoms with van der Waals surface area (Å²) in [4.78, 5) is 30.3. The van der Waals surface area contributed by atoms with E-state index in [1.54, 1.807) is 67.0 Å². The highest BCUT2D eigenvalue weighted by Gasteiger charge is 2.49. The summed E-state index contributed by atoms with van der Waals surface area (Å²) < 4.78 is 10.9. The minimum absolute atomic E-state index is 0.0734. The van der Waals surface area contributed by atoms with Gasteiger partial charge in [0.25, 0.3) is 0 Å². The van der Waals surface area contributed by atoms with Gasteiger partial charge in [0.15, 0.2) is 5.70 Å². The van der Waals surface area contributed by atoms with E-state index in [0.29, 0.717) is 17.1 Å². The Morgan fingerprint density at radius 3 is 2.55 bits per heavy atom. The zero-order valence-corrected chi connectivity index (χ0v) is 16.7. The number of alkyl halides is 1. The Morgan fingerprint density at radius 2 is 1.84 bits per heavy atom. The van der Waals surface area contributed by atoms with E-state index in [1.165, 1.54) is 18.2 Å². The predicted molar refractivity (Wildman–Crippen MR) is 114 cm³/mol. The molecule has 3 aromatic rings. The third kappa shape index (κ3) is 4.17. The van der Waals surface area contributed by atoms with Gasteiger partial charge in [-0.3, -0.25) is 4.98 Å². The van der Waals surface area contributed by atoms with Crippen LogP contribution >= 0.6 is 11.6 Å². The Morgan fingerprint density at radius 1 is 1.06 bits per heavy atom. The highest BCUT2D eigenvalue weighted by atomic mass is 35.5. The number of ether oxygens (including phenoxy) is 2. The number of hydrogen-bond donors (Lipinski definition) is 1. The van der Waals surface area contributed by atoms with Crippen LogP contribution in [0, 0.1) is 0 Å². The van der Waals surface area contributed by atoms with Crippen LogP contribution in [0.3, 0.4) is 0 Å².